The average Bonchev–Trinajstić information content (AvgIpc) is 2.52. The molecule has 0 heterocycles. The molecule has 0 saturated carbocycles. The molecule has 0 aliphatic heterocycles. The third-order valence-electron chi connectivity index (χ3n) is 2.81. The molecule has 22 heavy (non-hydrogen) atoms. The first kappa shape index (κ1) is 15.2. The second kappa shape index (κ2) is 6.53. The van der Waals surface area contributed by atoms with E-state index in [1.807, 2.05) is 0 Å². The summed E-state index contributed by atoms with van der Waals surface area (Å²) in [4.78, 5) is 22.0. The number of nitro groups is 1. The molecular weight excluding hydrogens is 293 g/mol. The van der Waals surface area contributed by atoms with E-state index in [0.29, 0.717) is 11.4 Å². The highest BCUT2D eigenvalue weighted by Crippen LogP contribution is 2.21. The van der Waals surface area contributed by atoms with E-state index in [0.717, 1.165) is 12.1 Å². The molecule has 0 fully saturated rings. The maximum Gasteiger partial charge on any atom is 0.285 e. The number of ether oxygens (including phenoxy) is 1. The lowest BCUT2D eigenvalue weighted by Gasteiger charge is -2.10. The largest absolute Gasteiger partial charge is 0.497 e. The highest BCUT2D eigenvalue weighted by molar-refractivity contribution is 5.99. The first-order chi connectivity index (χ1) is 10.5. The Morgan fingerprint density at radius 3 is 2.68 bits per heavy atom. The summed E-state index contributed by atoms with van der Waals surface area (Å²) in [6.45, 7) is 0. The molecule has 1 amide bonds. The van der Waals surface area contributed by atoms with Gasteiger partial charge >= 0.3 is 0 Å². The third-order valence-corrected chi connectivity index (χ3v) is 2.81. The van der Waals surface area contributed by atoms with Gasteiger partial charge in [-0.15, -0.1) is 0 Å². The molecule has 2 aromatic carbocycles. The van der Waals surface area contributed by atoms with Crippen molar-refractivity contribution in [3.8, 4) is 5.75 Å². The van der Waals surface area contributed by atoms with E-state index in [-0.39, 0.29) is 0 Å². The number of methoxy groups -OCH3 is 1. The van der Waals surface area contributed by atoms with Crippen molar-refractivity contribution in [2.24, 2.45) is 0 Å². The van der Waals surface area contributed by atoms with Gasteiger partial charge in [0.25, 0.3) is 11.6 Å². The van der Waals surface area contributed by atoms with Crippen molar-refractivity contribution in [3.05, 3.63) is 64.0 Å². The van der Waals surface area contributed by atoms with Crippen LogP contribution in [0.15, 0.2) is 42.5 Å². The van der Waals surface area contributed by atoms with E-state index in [1.165, 1.54) is 13.2 Å². The van der Waals surface area contributed by atoms with Crippen molar-refractivity contribution in [2.45, 2.75) is 0 Å². The van der Waals surface area contributed by atoms with Crippen LogP contribution in [-0.4, -0.2) is 17.9 Å². The molecule has 114 valence electrons. The molecule has 0 bridgehead atoms. The average molecular weight is 305 g/mol. The molecule has 7 nitrogen and oxygen atoms in total. The number of nitrogens with one attached hydrogen (secondary N) is 2. The van der Waals surface area contributed by atoms with Crippen LogP contribution in [-0.2, 0) is 0 Å². The van der Waals surface area contributed by atoms with Crippen molar-refractivity contribution >= 4 is 17.3 Å². The van der Waals surface area contributed by atoms with Crippen molar-refractivity contribution in [1.82, 2.24) is 5.43 Å². The van der Waals surface area contributed by atoms with Crippen molar-refractivity contribution in [3.63, 3.8) is 0 Å². The molecule has 0 aliphatic rings. The summed E-state index contributed by atoms with van der Waals surface area (Å²) in [6.07, 6.45) is 0. The SMILES string of the molecule is COc1cccc(NNC(=O)c2c(F)cccc2[N+](=O)[O-])c1. The number of nitrogens with zero attached hydrogens (tertiary/aromatic N) is 1. The van der Waals surface area contributed by atoms with Crippen molar-refractivity contribution in [1.29, 1.82) is 0 Å². The molecule has 0 saturated heterocycles. The maximum atomic E-state index is 13.7. The van der Waals surface area contributed by atoms with E-state index in [1.54, 1.807) is 24.3 Å². The fourth-order valence-corrected chi connectivity index (χ4v) is 1.78. The van der Waals surface area contributed by atoms with Crippen molar-refractivity contribution < 1.29 is 18.8 Å². The molecule has 0 atom stereocenters. The second-order valence-corrected chi connectivity index (χ2v) is 4.20. The number of carbonyl (C=O) groups is 1. The summed E-state index contributed by atoms with van der Waals surface area (Å²) in [5.74, 6) is -1.37. The minimum atomic E-state index is -0.973. The Hall–Kier alpha value is -3.16. The lowest BCUT2D eigenvalue weighted by Crippen LogP contribution is -2.30. The minimum absolute atomic E-state index is 0.478. The Labute approximate surface area is 124 Å². The zero-order valence-corrected chi connectivity index (χ0v) is 11.5. The van der Waals surface area contributed by atoms with Crippen LogP contribution in [0, 0.1) is 15.9 Å². The summed E-state index contributed by atoms with van der Waals surface area (Å²) < 4.78 is 18.7. The Morgan fingerprint density at radius 2 is 2.00 bits per heavy atom. The Kier molecular flexibility index (Phi) is 4.52. The normalized spacial score (nSPS) is 9.91. The number of anilines is 1. The number of hydrogen-bond acceptors (Lipinski definition) is 5. The highest BCUT2D eigenvalue weighted by Gasteiger charge is 2.24. The molecule has 8 heteroatoms. The second-order valence-electron chi connectivity index (χ2n) is 4.20. The standard InChI is InChI=1S/C14H12FN3O4/c1-22-10-5-2-4-9(8-10)16-17-14(19)13-11(15)6-3-7-12(13)18(20)21/h2-8,16H,1H3,(H,17,19). The monoisotopic (exact) mass is 305 g/mol. The predicted molar refractivity (Wildman–Crippen MR) is 77.1 cm³/mol. The molecule has 0 spiro atoms. The fraction of sp³-hybridized carbons (Fsp3) is 0.0714. The van der Waals surface area contributed by atoms with Crippen LogP contribution in [0.4, 0.5) is 15.8 Å². The maximum absolute atomic E-state index is 13.7. The molecule has 0 unspecified atom stereocenters. The van der Waals surface area contributed by atoms with Crippen LogP contribution in [0.1, 0.15) is 10.4 Å². The number of rotatable bonds is 5. The van der Waals surface area contributed by atoms with Crippen LogP contribution >= 0.6 is 0 Å². The van der Waals surface area contributed by atoms with E-state index in [9.17, 15) is 19.3 Å². The van der Waals surface area contributed by atoms with E-state index in [2.05, 4.69) is 10.9 Å². The smallest absolute Gasteiger partial charge is 0.285 e. The summed E-state index contributed by atoms with van der Waals surface area (Å²) in [7, 11) is 1.49. The van der Waals surface area contributed by atoms with Crippen LogP contribution in [0.3, 0.4) is 0 Å². The number of halogens is 1. The van der Waals surface area contributed by atoms with Gasteiger partial charge in [-0.1, -0.05) is 12.1 Å². The lowest BCUT2D eigenvalue weighted by molar-refractivity contribution is -0.385. The number of amides is 1. The minimum Gasteiger partial charge on any atom is -0.497 e. The zero-order valence-electron chi connectivity index (χ0n) is 11.5. The number of benzene rings is 2. The van der Waals surface area contributed by atoms with Gasteiger partial charge in [0.2, 0.25) is 0 Å². The van der Waals surface area contributed by atoms with Gasteiger partial charge in [-0.2, -0.15) is 0 Å². The Balaban J connectivity index is 2.18. The van der Waals surface area contributed by atoms with E-state index in [4.69, 9.17) is 4.74 Å². The Morgan fingerprint density at radius 1 is 1.27 bits per heavy atom. The topological polar surface area (TPSA) is 93.5 Å². The molecule has 0 aliphatic carbocycles. The summed E-state index contributed by atoms with van der Waals surface area (Å²) in [5.41, 5.74) is 3.99. The van der Waals surface area contributed by atoms with Gasteiger partial charge in [-0.25, -0.2) is 4.39 Å². The molecule has 0 aromatic heterocycles. The van der Waals surface area contributed by atoms with Gasteiger partial charge < -0.3 is 4.74 Å². The first-order valence-electron chi connectivity index (χ1n) is 6.16. The zero-order chi connectivity index (χ0) is 16.1. The van der Waals surface area contributed by atoms with Gasteiger partial charge in [0.15, 0.2) is 5.56 Å². The first-order valence-corrected chi connectivity index (χ1v) is 6.16. The van der Waals surface area contributed by atoms with Crippen LogP contribution < -0.4 is 15.6 Å². The van der Waals surface area contributed by atoms with Crippen LogP contribution in [0.25, 0.3) is 0 Å². The molecule has 0 radical (unpaired) electrons. The highest BCUT2D eigenvalue weighted by atomic mass is 19.1. The van der Waals surface area contributed by atoms with Gasteiger partial charge in [-0.3, -0.25) is 25.8 Å². The molecule has 2 N–H and O–H groups in total. The van der Waals surface area contributed by atoms with Gasteiger partial charge in [0, 0.05) is 12.1 Å². The van der Waals surface area contributed by atoms with Gasteiger partial charge in [-0.05, 0) is 18.2 Å². The number of nitro benzene ring substituents is 1. The quantitative estimate of drug-likeness (QED) is 0.654. The predicted octanol–water partition coefficient (Wildman–Crippen LogP) is 2.50. The van der Waals surface area contributed by atoms with Crippen molar-refractivity contribution in [2.75, 3.05) is 12.5 Å². The summed E-state index contributed by atoms with van der Waals surface area (Å²) >= 11 is 0. The number of hydrogen-bond donors (Lipinski definition) is 2. The lowest BCUT2D eigenvalue weighted by atomic mass is 10.1. The van der Waals surface area contributed by atoms with Crippen LogP contribution in [0.5, 0.6) is 5.75 Å². The fourth-order valence-electron chi connectivity index (χ4n) is 1.78. The molecule has 2 rings (SSSR count). The summed E-state index contributed by atoms with van der Waals surface area (Å²) in [6, 6.07) is 9.82. The van der Waals surface area contributed by atoms with E-state index < -0.39 is 27.9 Å². The van der Waals surface area contributed by atoms with Gasteiger partial charge in [0.05, 0.1) is 17.7 Å². The number of carbonyl (C=O) groups excluding carboxylic acids is 1. The molecular formula is C14H12FN3O4. The van der Waals surface area contributed by atoms with Crippen LogP contribution in [0.2, 0.25) is 0 Å². The summed E-state index contributed by atoms with van der Waals surface area (Å²) in [5, 5.41) is 10.9. The Bertz CT molecular complexity index is 721. The van der Waals surface area contributed by atoms with E-state index >= 15 is 0 Å². The molecule has 2 aromatic rings. The van der Waals surface area contributed by atoms with Gasteiger partial charge in [0.1, 0.15) is 11.6 Å². The number of hydrazine groups is 1. The third kappa shape index (κ3) is 3.29.